The van der Waals surface area contributed by atoms with Gasteiger partial charge in [0, 0.05) is 16.7 Å². The Bertz CT molecular complexity index is 559. The van der Waals surface area contributed by atoms with E-state index < -0.39 is 11.4 Å². The third-order valence-electron chi connectivity index (χ3n) is 2.66. The largest absolute Gasteiger partial charge is 0.493 e. The van der Waals surface area contributed by atoms with Crippen molar-refractivity contribution in [3.05, 3.63) is 34.9 Å². The number of hydrogen-bond acceptors (Lipinski definition) is 3. The Morgan fingerprint density at radius 1 is 1.55 bits per heavy atom. The molecule has 1 aromatic rings. The minimum Gasteiger partial charge on any atom is -0.493 e. The second kappa shape index (κ2) is 6.97. The van der Waals surface area contributed by atoms with E-state index in [9.17, 15) is 4.79 Å². The quantitative estimate of drug-likeness (QED) is 0.811. The molecular formula is C15H16ClNO3. The van der Waals surface area contributed by atoms with E-state index in [0.29, 0.717) is 29.4 Å². The number of benzene rings is 1. The number of ether oxygens (including phenoxy) is 1. The van der Waals surface area contributed by atoms with Crippen LogP contribution in [0.4, 0.5) is 0 Å². The van der Waals surface area contributed by atoms with Gasteiger partial charge >= 0.3 is 5.97 Å². The van der Waals surface area contributed by atoms with Crippen LogP contribution in [0.1, 0.15) is 25.8 Å². The molecule has 0 saturated heterocycles. The van der Waals surface area contributed by atoms with E-state index in [1.165, 1.54) is 6.08 Å². The number of nitrogens with zero attached hydrogens (tertiary/aromatic N) is 1. The van der Waals surface area contributed by atoms with Crippen molar-refractivity contribution in [1.82, 2.24) is 0 Å². The molecule has 106 valence electrons. The van der Waals surface area contributed by atoms with Crippen molar-refractivity contribution in [3.8, 4) is 11.8 Å². The molecule has 1 aromatic carbocycles. The normalized spacial score (nSPS) is 11.3. The molecule has 0 aliphatic rings. The lowest BCUT2D eigenvalue weighted by molar-refractivity contribution is -0.131. The lowest BCUT2D eigenvalue weighted by Gasteiger charge is -2.16. The number of carboxylic acid groups (broad SMARTS) is 1. The van der Waals surface area contributed by atoms with Gasteiger partial charge in [0.25, 0.3) is 0 Å². The van der Waals surface area contributed by atoms with Gasteiger partial charge in [0.15, 0.2) is 0 Å². The summed E-state index contributed by atoms with van der Waals surface area (Å²) < 4.78 is 5.61. The number of rotatable bonds is 6. The standard InChI is InChI=1S/C15H16ClNO3/c1-15(2,10-17)7-8-20-13-5-4-12(16)9-11(13)3-6-14(18)19/h3-6,9H,7-8H2,1-2H3,(H,18,19). The third-order valence-corrected chi connectivity index (χ3v) is 2.90. The lowest BCUT2D eigenvalue weighted by Crippen LogP contribution is -2.13. The predicted octanol–water partition coefficient (Wildman–Crippen LogP) is 3.76. The first-order chi connectivity index (χ1) is 9.34. The number of aliphatic carboxylic acids is 1. The number of nitriles is 1. The topological polar surface area (TPSA) is 70.3 Å². The van der Waals surface area contributed by atoms with E-state index in [-0.39, 0.29) is 0 Å². The van der Waals surface area contributed by atoms with E-state index in [0.717, 1.165) is 6.08 Å². The average molecular weight is 294 g/mol. The summed E-state index contributed by atoms with van der Waals surface area (Å²) in [5.41, 5.74) is 0.137. The lowest BCUT2D eigenvalue weighted by atomic mass is 9.92. The molecule has 0 bridgehead atoms. The maximum atomic E-state index is 10.6. The molecule has 1 N–H and O–H groups in total. The average Bonchev–Trinajstić information content (AvgIpc) is 2.38. The summed E-state index contributed by atoms with van der Waals surface area (Å²) in [6, 6.07) is 7.18. The first-order valence-electron chi connectivity index (χ1n) is 6.09. The Labute approximate surface area is 123 Å². The van der Waals surface area contributed by atoms with Gasteiger partial charge in [-0.25, -0.2) is 4.79 Å². The fourth-order valence-corrected chi connectivity index (χ4v) is 1.59. The predicted molar refractivity (Wildman–Crippen MR) is 77.6 cm³/mol. The molecule has 0 saturated carbocycles. The zero-order valence-corrected chi connectivity index (χ0v) is 12.1. The van der Waals surface area contributed by atoms with E-state index in [1.54, 1.807) is 18.2 Å². The molecule has 1 rings (SSSR count). The van der Waals surface area contributed by atoms with Crippen molar-refractivity contribution in [2.45, 2.75) is 20.3 Å². The maximum absolute atomic E-state index is 10.6. The molecule has 0 aliphatic carbocycles. The fraction of sp³-hybridized carbons (Fsp3) is 0.333. The van der Waals surface area contributed by atoms with E-state index in [1.807, 2.05) is 13.8 Å². The number of carboxylic acids is 1. The molecule has 0 fully saturated rings. The Morgan fingerprint density at radius 3 is 2.85 bits per heavy atom. The highest BCUT2D eigenvalue weighted by Gasteiger charge is 2.16. The first-order valence-corrected chi connectivity index (χ1v) is 6.46. The second-order valence-corrected chi connectivity index (χ2v) is 5.38. The van der Waals surface area contributed by atoms with Crippen LogP contribution in [0.5, 0.6) is 5.75 Å². The minimum absolute atomic E-state index is 0.371. The SMILES string of the molecule is CC(C)(C#N)CCOc1ccc(Cl)cc1C=CC(=O)O. The highest BCUT2D eigenvalue weighted by atomic mass is 35.5. The summed E-state index contributed by atoms with van der Waals surface area (Å²) in [6.07, 6.45) is 3.03. The van der Waals surface area contributed by atoms with Crippen LogP contribution in [0.25, 0.3) is 6.08 Å². The zero-order valence-electron chi connectivity index (χ0n) is 11.4. The summed E-state index contributed by atoms with van der Waals surface area (Å²) >= 11 is 5.88. The van der Waals surface area contributed by atoms with Gasteiger partial charge in [0.1, 0.15) is 5.75 Å². The molecule has 0 spiro atoms. The monoisotopic (exact) mass is 293 g/mol. The summed E-state index contributed by atoms with van der Waals surface area (Å²) in [4.78, 5) is 10.6. The Hall–Kier alpha value is -1.99. The Kier molecular flexibility index (Phi) is 5.60. The van der Waals surface area contributed by atoms with E-state index in [4.69, 9.17) is 26.7 Å². The van der Waals surface area contributed by atoms with Crippen LogP contribution in [-0.2, 0) is 4.79 Å². The fourth-order valence-electron chi connectivity index (χ4n) is 1.41. The van der Waals surface area contributed by atoms with Gasteiger partial charge in [-0.3, -0.25) is 0 Å². The van der Waals surface area contributed by atoms with Gasteiger partial charge in [0.2, 0.25) is 0 Å². The number of carbonyl (C=O) groups is 1. The van der Waals surface area contributed by atoms with E-state index >= 15 is 0 Å². The van der Waals surface area contributed by atoms with E-state index in [2.05, 4.69) is 6.07 Å². The first kappa shape index (κ1) is 16.1. The third kappa shape index (κ3) is 5.33. The van der Waals surface area contributed by atoms with Crippen molar-refractivity contribution in [3.63, 3.8) is 0 Å². The molecule has 0 unspecified atom stereocenters. The van der Waals surface area contributed by atoms with Crippen LogP contribution in [0, 0.1) is 16.7 Å². The molecule has 5 heteroatoms. The van der Waals surface area contributed by atoms with Gasteiger partial charge in [0.05, 0.1) is 18.1 Å². The number of halogens is 1. The van der Waals surface area contributed by atoms with Crippen LogP contribution < -0.4 is 4.74 Å². The van der Waals surface area contributed by atoms with Crippen LogP contribution in [-0.4, -0.2) is 17.7 Å². The van der Waals surface area contributed by atoms with Crippen LogP contribution in [0.3, 0.4) is 0 Å². The molecule has 0 atom stereocenters. The molecule has 0 aromatic heterocycles. The zero-order chi connectivity index (χ0) is 15.2. The minimum atomic E-state index is -1.04. The second-order valence-electron chi connectivity index (χ2n) is 4.95. The molecular weight excluding hydrogens is 278 g/mol. The molecule has 0 aliphatic heterocycles. The Morgan fingerprint density at radius 2 is 2.25 bits per heavy atom. The van der Waals surface area contributed by atoms with Crippen LogP contribution >= 0.6 is 11.6 Å². The van der Waals surface area contributed by atoms with Crippen molar-refractivity contribution in [2.24, 2.45) is 5.41 Å². The van der Waals surface area contributed by atoms with Gasteiger partial charge in [-0.1, -0.05) is 11.6 Å². The molecule has 0 radical (unpaired) electrons. The summed E-state index contributed by atoms with van der Waals surface area (Å²) in [5, 5.41) is 18.1. The summed E-state index contributed by atoms with van der Waals surface area (Å²) in [6.45, 7) is 4.04. The van der Waals surface area contributed by atoms with Gasteiger partial charge in [-0.05, 0) is 44.5 Å². The Balaban J connectivity index is 2.80. The molecule has 0 amide bonds. The van der Waals surface area contributed by atoms with Crippen molar-refractivity contribution >= 4 is 23.6 Å². The van der Waals surface area contributed by atoms with Crippen molar-refractivity contribution < 1.29 is 14.6 Å². The summed E-state index contributed by atoms with van der Waals surface area (Å²) in [7, 11) is 0. The number of hydrogen-bond donors (Lipinski definition) is 1. The highest BCUT2D eigenvalue weighted by Crippen LogP contribution is 2.26. The van der Waals surface area contributed by atoms with Crippen LogP contribution in [0.2, 0.25) is 5.02 Å². The summed E-state index contributed by atoms with van der Waals surface area (Å²) in [5.74, 6) is -0.498. The smallest absolute Gasteiger partial charge is 0.328 e. The van der Waals surface area contributed by atoms with Gasteiger partial charge in [-0.15, -0.1) is 0 Å². The molecule has 0 heterocycles. The molecule has 4 nitrogen and oxygen atoms in total. The molecule has 20 heavy (non-hydrogen) atoms. The van der Waals surface area contributed by atoms with Gasteiger partial charge in [-0.2, -0.15) is 5.26 Å². The van der Waals surface area contributed by atoms with Crippen LogP contribution in [0.15, 0.2) is 24.3 Å². The maximum Gasteiger partial charge on any atom is 0.328 e. The highest BCUT2D eigenvalue weighted by molar-refractivity contribution is 6.30. The van der Waals surface area contributed by atoms with Crippen molar-refractivity contribution in [1.29, 1.82) is 5.26 Å². The van der Waals surface area contributed by atoms with Gasteiger partial charge < -0.3 is 9.84 Å². The van der Waals surface area contributed by atoms with Crippen molar-refractivity contribution in [2.75, 3.05) is 6.61 Å².